The highest BCUT2D eigenvalue weighted by Crippen LogP contribution is 2.32. The third kappa shape index (κ3) is 7.13. The van der Waals surface area contributed by atoms with Gasteiger partial charge in [0.1, 0.15) is 0 Å². The van der Waals surface area contributed by atoms with Crippen molar-refractivity contribution in [1.82, 2.24) is 14.2 Å². The fourth-order valence-electron chi connectivity index (χ4n) is 6.43. The summed E-state index contributed by atoms with van der Waals surface area (Å²) in [6.07, 6.45) is 4.23. The lowest BCUT2D eigenvalue weighted by molar-refractivity contribution is -0.147. The van der Waals surface area contributed by atoms with Crippen molar-refractivity contribution in [3.05, 3.63) is 54.1 Å². The SMILES string of the molecule is CC(C)[C@H]1COCCN1C(=O)C1CCC(NS(=O)(=O)c2ccc3cc(-c4ccc(CCCOC=O)cc4)n(C)c3c2)CC1. The minimum atomic E-state index is -3.73. The maximum absolute atomic E-state index is 13.4. The van der Waals surface area contributed by atoms with Crippen LogP contribution in [-0.4, -0.2) is 68.7 Å². The Morgan fingerprint density at radius 1 is 1.09 bits per heavy atom. The van der Waals surface area contributed by atoms with E-state index in [0.29, 0.717) is 64.4 Å². The number of hydrogen-bond donors (Lipinski definition) is 1. The van der Waals surface area contributed by atoms with Gasteiger partial charge in [-0.1, -0.05) is 44.2 Å². The number of carbonyl (C=O) groups is 2. The summed E-state index contributed by atoms with van der Waals surface area (Å²) in [5.41, 5.74) is 4.04. The molecule has 1 atom stereocenters. The van der Waals surface area contributed by atoms with Crippen molar-refractivity contribution in [3.63, 3.8) is 0 Å². The maximum Gasteiger partial charge on any atom is 0.293 e. The molecule has 2 heterocycles. The summed E-state index contributed by atoms with van der Waals surface area (Å²) in [6.45, 7) is 6.90. The van der Waals surface area contributed by atoms with Crippen LogP contribution in [0.25, 0.3) is 22.2 Å². The van der Waals surface area contributed by atoms with Gasteiger partial charge in [-0.2, -0.15) is 0 Å². The zero-order chi connectivity index (χ0) is 30.6. The Bertz CT molecular complexity index is 1520. The summed E-state index contributed by atoms with van der Waals surface area (Å²) >= 11 is 0. The van der Waals surface area contributed by atoms with Crippen molar-refractivity contribution in [2.45, 2.75) is 69.4 Å². The minimum absolute atomic E-state index is 0.0659. The van der Waals surface area contributed by atoms with E-state index in [1.165, 1.54) is 0 Å². The van der Waals surface area contributed by atoms with Crippen molar-refractivity contribution >= 4 is 33.3 Å². The lowest BCUT2D eigenvalue weighted by Gasteiger charge is -2.41. The summed E-state index contributed by atoms with van der Waals surface area (Å²) < 4.78 is 42.2. The minimum Gasteiger partial charge on any atom is -0.468 e. The molecule has 43 heavy (non-hydrogen) atoms. The lowest BCUT2D eigenvalue weighted by atomic mass is 9.85. The maximum atomic E-state index is 13.4. The van der Waals surface area contributed by atoms with E-state index in [4.69, 9.17) is 9.47 Å². The lowest BCUT2D eigenvalue weighted by Crippen LogP contribution is -2.53. The van der Waals surface area contributed by atoms with Crippen LogP contribution in [0, 0.1) is 11.8 Å². The van der Waals surface area contributed by atoms with Gasteiger partial charge in [-0.3, -0.25) is 9.59 Å². The highest BCUT2D eigenvalue weighted by Gasteiger charge is 2.36. The predicted molar refractivity (Wildman–Crippen MR) is 166 cm³/mol. The van der Waals surface area contributed by atoms with Gasteiger partial charge < -0.3 is 18.9 Å². The number of aryl methyl sites for hydroxylation is 2. The first-order chi connectivity index (χ1) is 20.7. The number of morpholine rings is 1. The number of aromatic nitrogens is 1. The van der Waals surface area contributed by atoms with Gasteiger partial charge in [0.05, 0.1) is 30.8 Å². The fraction of sp³-hybridized carbons (Fsp3) is 0.515. The Labute approximate surface area is 254 Å². The van der Waals surface area contributed by atoms with Crippen LogP contribution in [0.1, 0.15) is 51.5 Å². The molecule has 9 nitrogen and oxygen atoms in total. The Morgan fingerprint density at radius 3 is 2.53 bits per heavy atom. The van der Waals surface area contributed by atoms with Crippen LogP contribution in [0.2, 0.25) is 0 Å². The Kier molecular flexibility index (Phi) is 9.88. The molecule has 232 valence electrons. The average Bonchev–Trinajstić information content (AvgIpc) is 3.35. The number of hydrogen-bond acceptors (Lipinski definition) is 6. The average molecular weight is 610 g/mol. The zero-order valence-corrected chi connectivity index (χ0v) is 26.1. The second-order valence-corrected chi connectivity index (χ2v) is 13.9. The van der Waals surface area contributed by atoms with E-state index in [2.05, 4.69) is 48.9 Å². The van der Waals surface area contributed by atoms with E-state index in [-0.39, 0.29) is 28.8 Å². The number of amides is 1. The molecule has 5 rings (SSSR count). The van der Waals surface area contributed by atoms with Crippen molar-refractivity contribution in [1.29, 1.82) is 0 Å². The third-order valence-corrected chi connectivity index (χ3v) is 10.5. The number of sulfonamides is 1. The van der Waals surface area contributed by atoms with Gasteiger partial charge in [0.2, 0.25) is 15.9 Å². The van der Waals surface area contributed by atoms with E-state index >= 15 is 0 Å². The Hall–Kier alpha value is -3.21. The number of ether oxygens (including phenoxy) is 2. The van der Waals surface area contributed by atoms with Gasteiger partial charge in [-0.15, -0.1) is 0 Å². The third-order valence-electron chi connectivity index (χ3n) is 8.99. The normalized spacial score (nSPS) is 21.3. The van der Waals surface area contributed by atoms with E-state index in [9.17, 15) is 18.0 Å². The van der Waals surface area contributed by atoms with Crippen LogP contribution in [0.15, 0.2) is 53.4 Å². The molecule has 2 fully saturated rings. The molecule has 1 amide bonds. The number of fused-ring (bicyclic) bond motifs is 1. The van der Waals surface area contributed by atoms with Crippen molar-refractivity contribution in [2.75, 3.05) is 26.4 Å². The second-order valence-electron chi connectivity index (χ2n) is 12.2. The summed E-state index contributed by atoms with van der Waals surface area (Å²) in [4.78, 5) is 25.9. The smallest absolute Gasteiger partial charge is 0.293 e. The summed E-state index contributed by atoms with van der Waals surface area (Å²) in [6, 6.07) is 15.5. The van der Waals surface area contributed by atoms with Crippen LogP contribution in [0.4, 0.5) is 0 Å². The molecule has 1 saturated carbocycles. The van der Waals surface area contributed by atoms with Gasteiger partial charge in [0.25, 0.3) is 6.47 Å². The first kappa shape index (κ1) is 31.2. The van der Waals surface area contributed by atoms with Gasteiger partial charge in [-0.05, 0) is 73.8 Å². The standard InChI is InChI=1S/C33H43N3O6S/c1-23(2)32-21-41-18-16-36(32)33(38)26-10-13-28(14-11-26)34-43(39,40)29-15-12-27-19-30(35(3)31(27)20-29)25-8-6-24(7-9-25)5-4-17-42-22-37/h6-9,12,15,19-20,22-23,26,28,32,34H,4-5,10-11,13-14,16-18,21H2,1-3H3/t26?,28?,32-/m1/s1. The zero-order valence-electron chi connectivity index (χ0n) is 25.3. The topological polar surface area (TPSA) is 107 Å². The highest BCUT2D eigenvalue weighted by atomic mass is 32.2. The first-order valence-corrected chi connectivity index (χ1v) is 16.8. The number of rotatable bonds is 11. The number of benzene rings is 2. The largest absolute Gasteiger partial charge is 0.468 e. The molecule has 2 aromatic carbocycles. The van der Waals surface area contributed by atoms with Crippen LogP contribution in [0.5, 0.6) is 0 Å². The van der Waals surface area contributed by atoms with Gasteiger partial charge >= 0.3 is 0 Å². The predicted octanol–water partition coefficient (Wildman–Crippen LogP) is 4.67. The number of nitrogens with one attached hydrogen (secondary N) is 1. The molecular weight excluding hydrogens is 566 g/mol. The molecule has 3 aromatic rings. The van der Waals surface area contributed by atoms with E-state index in [0.717, 1.165) is 40.6 Å². The molecule has 0 unspecified atom stereocenters. The van der Waals surface area contributed by atoms with Crippen LogP contribution >= 0.6 is 0 Å². The van der Waals surface area contributed by atoms with Crippen LogP contribution in [0.3, 0.4) is 0 Å². The summed E-state index contributed by atoms with van der Waals surface area (Å²) in [5, 5.41) is 0.966. The number of carbonyl (C=O) groups excluding carboxylic acids is 2. The second kappa shape index (κ2) is 13.6. The Morgan fingerprint density at radius 2 is 1.84 bits per heavy atom. The van der Waals surface area contributed by atoms with Gasteiger partial charge in [0.15, 0.2) is 0 Å². The summed E-state index contributed by atoms with van der Waals surface area (Å²) in [5.74, 6) is 0.452. The first-order valence-electron chi connectivity index (χ1n) is 15.3. The van der Waals surface area contributed by atoms with Gasteiger partial charge in [0, 0.05) is 42.1 Å². The Balaban J connectivity index is 1.22. The number of nitrogens with zero attached hydrogens (tertiary/aromatic N) is 2. The molecule has 10 heteroatoms. The quantitative estimate of drug-likeness (QED) is 0.250. The molecule has 1 aliphatic heterocycles. The van der Waals surface area contributed by atoms with Crippen molar-refractivity contribution in [3.8, 4) is 11.3 Å². The molecule has 1 aliphatic carbocycles. The van der Waals surface area contributed by atoms with Crippen LogP contribution < -0.4 is 4.72 Å². The van der Waals surface area contributed by atoms with E-state index in [1.807, 2.05) is 22.6 Å². The molecule has 0 radical (unpaired) electrons. The van der Waals surface area contributed by atoms with Crippen molar-refractivity contribution < 1.29 is 27.5 Å². The monoisotopic (exact) mass is 609 g/mol. The molecule has 1 N–H and O–H groups in total. The van der Waals surface area contributed by atoms with Gasteiger partial charge in [-0.25, -0.2) is 13.1 Å². The molecule has 1 aromatic heterocycles. The van der Waals surface area contributed by atoms with E-state index < -0.39 is 10.0 Å². The molecule has 0 spiro atoms. The molecule has 0 bridgehead atoms. The summed E-state index contributed by atoms with van der Waals surface area (Å²) in [7, 11) is -1.78. The highest BCUT2D eigenvalue weighted by molar-refractivity contribution is 7.89. The molecule has 2 aliphatic rings. The van der Waals surface area contributed by atoms with E-state index in [1.54, 1.807) is 12.1 Å². The molecular formula is C33H43N3O6S. The molecule has 1 saturated heterocycles. The van der Waals surface area contributed by atoms with Crippen molar-refractivity contribution in [2.24, 2.45) is 18.9 Å². The van der Waals surface area contributed by atoms with Crippen LogP contribution in [-0.2, 0) is 42.6 Å². The fourth-order valence-corrected chi connectivity index (χ4v) is 7.76.